The van der Waals surface area contributed by atoms with E-state index in [9.17, 15) is 4.79 Å². The highest BCUT2D eigenvalue weighted by Crippen LogP contribution is 2.02. The van der Waals surface area contributed by atoms with Crippen molar-refractivity contribution in [3.8, 4) is 0 Å². The fourth-order valence-electron chi connectivity index (χ4n) is 1.18. The van der Waals surface area contributed by atoms with E-state index in [0.29, 0.717) is 23.8 Å². The smallest absolute Gasteiger partial charge is 0.223 e. The van der Waals surface area contributed by atoms with Crippen molar-refractivity contribution in [1.29, 1.82) is 0 Å². The molecule has 2 aromatic rings. The molecule has 2 rings (SSSR count). The quantitative estimate of drug-likeness (QED) is 0.695. The van der Waals surface area contributed by atoms with Gasteiger partial charge < -0.3 is 4.52 Å². The van der Waals surface area contributed by atoms with Gasteiger partial charge >= 0.3 is 0 Å². The van der Waals surface area contributed by atoms with Crippen LogP contribution in [-0.2, 0) is 6.54 Å². The van der Waals surface area contributed by atoms with Gasteiger partial charge in [-0.15, -0.1) is 0 Å². The summed E-state index contributed by atoms with van der Waals surface area (Å²) in [6.45, 7) is 3.63. The van der Waals surface area contributed by atoms with Crippen LogP contribution >= 0.6 is 0 Å². The van der Waals surface area contributed by atoms with Crippen LogP contribution in [0.15, 0.2) is 16.9 Å². The maximum atomic E-state index is 11.0. The lowest BCUT2D eigenvalue weighted by atomic mass is 10.3. The van der Waals surface area contributed by atoms with E-state index < -0.39 is 0 Å². The average molecular weight is 206 g/mol. The van der Waals surface area contributed by atoms with E-state index >= 15 is 0 Å². The number of rotatable bonds is 3. The van der Waals surface area contributed by atoms with Gasteiger partial charge in [0.15, 0.2) is 11.6 Å². The molecule has 0 aromatic carbocycles. The molecule has 0 amide bonds. The van der Waals surface area contributed by atoms with E-state index in [4.69, 9.17) is 4.52 Å². The van der Waals surface area contributed by atoms with Crippen LogP contribution in [0.5, 0.6) is 0 Å². The topological polar surface area (TPSA) is 73.8 Å². The Morgan fingerprint density at radius 3 is 2.93 bits per heavy atom. The highest BCUT2D eigenvalue weighted by Gasteiger charge is 2.06. The molecule has 0 bridgehead atoms. The van der Waals surface area contributed by atoms with E-state index in [-0.39, 0.29) is 5.78 Å². The van der Waals surface area contributed by atoms with Crippen LogP contribution in [0.1, 0.15) is 29.0 Å². The van der Waals surface area contributed by atoms with Crippen LogP contribution in [0.25, 0.3) is 0 Å². The van der Waals surface area contributed by atoms with E-state index in [1.165, 1.54) is 13.1 Å². The lowest BCUT2D eigenvalue weighted by molar-refractivity contribution is 0.101. The normalized spacial score (nSPS) is 10.5. The summed E-state index contributed by atoms with van der Waals surface area (Å²) in [6.07, 6.45) is 3.18. The van der Waals surface area contributed by atoms with Gasteiger partial charge in [0.1, 0.15) is 6.54 Å². The van der Waals surface area contributed by atoms with Gasteiger partial charge in [0.25, 0.3) is 0 Å². The summed E-state index contributed by atoms with van der Waals surface area (Å²) in [5.74, 6) is 1.06. The largest absolute Gasteiger partial charge is 0.340 e. The first-order valence-electron chi connectivity index (χ1n) is 4.48. The summed E-state index contributed by atoms with van der Waals surface area (Å²) in [6, 6.07) is 0. The maximum Gasteiger partial charge on any atom is 0.223 e. The van der Waals surface area contributed by atoms with Crippen molar-refractivity contribution in [3.05, 3.63) is 29.7 Å². The second-order valence-corrected chi connectivity index (χ2v) is 3.21. The zero-order valence-electron chi connectivity index (χ0n) is 8.47. The number of aromatic nitrogens is 4. The number of carbonyl (C=O) groups is 1. The Morgan fingerprint density at radius 1 is 1.60 bits per heavy atom. The monoisotopic (exact) mass is 206 g/mol. The fraction of sp³-hybridized carbons (Fsp3) is 0.333. The molecule has 2 aromatic heterocycles. The van der Waals surface area contributed by atoms with Crippen LogP contribution in [0, 0.1) is 6.92 Å². The molecule has 0 radical (unpaired) electrons. The molecule has 0 fully saturated rings. The van der Waals surface area contributed by atoms with Gasteiger partial charge in [-0.2, -0.15) is 10.1 Å². The van der Waals surface area contributed by atoms with E-state index in [2.05, 4.69) is 15.2 Å². The Bertz CT molecular complexity index is 486. The Kier molecular flexibility index (Phi) is 2.32. The second-order valence-electron chi connectivity index (χ2n) is 3.21. The molecule has 0 aliphatic carbocycles. The van der Waals surface area contributed by atoms with Gasteiger partial charge in [-0.25, -0.2) is 0 Å². The number of Topliss-reactive ketones (excluding diaryl/α,β-unsaturated/α-hetero) is 1. The highest BCUT2D eigenvalue weighted by molar-refractivity contribution is 5.93. The zero-order valence-corrected chi connectivity index (χ0v) is 8.47. The molecule has 0 spiro atoms. The Balaban J connectivity index is 2.14. The van der Waals surface area contributed by atoms with Crippen molar-refractivity contribution in [2.45, 2.75) is 20.4 Å². The molecule has 0 unspecified atom stereocenters. The lowest BCUT2D eigenvalue weighted by Gasteiger charge is -1.93. The van der Waals surface area contributed by atoms with Crippen LogP contribution in [-0.4, -0.2) is 25.7 Å². The zero-order chi connectivity index (χ0) is 10.8. The first kappa shape index (κ1) is 9.57. The number of hydrogen-bond donors (Lipinski definition) is 0. The highest BCUT2D eigenvalue weighted by atomic mass is 16.5. The van der Waals surface area contributed by atoms with Crippen molar-refractivity contribution in [3.63, 3.8) is 0 Å². The molecule has 15 heavy (non-hydrogen) atoms. The number of aryl methyl sites for hydroxylation is 1. The number of nitrogens with zero attached hydrogens (tertiary/aromatic N) is 4. The third-order valence-corrected chi connectivity index (χ3v) is 1.91. The summed E-state index contributed by atoms with van der Waals surface area (Å²) >= 11 is 0. The molecular weight excluding hydrogens is 196 g/mol. The van der Waals surface area contributed by atoms with Gasteiger partial charge in [0.2, 0.25) is 5.89 Å². The van der Waals surface area contributed by atoms with Crippen molar-refractivity contribution in [2.24, 2.45) is 0 Å². The van der Waals surface area contributed by atoms with Gasteiger partial charge in [-0.05, 0) is 6.92 Å². The van der Waals surface area contributed by atoms with Gasteiger partial charge in [-0.3, -0.25) is 9.48 Å². The molecule has 6 heteroatoms. The molecule has 0 atom stereocenters. The molecule has 6 nitrogen and oxygen atoms in total. The molecule has 0 aliphatic rings. The summed E-state index contributed by atoms with van der Waals surface area (Å²) in [4.78, 5) is 15.0. The van der Waals surface area contributed by atoms with E-state index in [1.807, 2.05) is 0 Å². The Labute approximate surface area is 85.9 Å². The maximum absolute atomic E-state index is 11.0. The third-order valence-electron chi connectivity index (χ3n) is 1.91. The molecule has 78 valence electrons. The minimum absolute atomic E-state index is 0.00876. The molecule has 0 aliphatic heterocycles. The molecule has 0 saturated heterocycles. The Morgan fingerprint density at radius 2 is 2.40 bits per heavy atom. The molecule has 0 N–H and O–H groups in total. The molecule has 0 saturated carbocycles. The predicted octanol–water partition coefficient (Wildman–Crippen LogP) is 0.825. The number of hydrogen-bond acceptors (Lipinski definition) is 5. The minimum atomic E-state index is -0.00876. The van der Waals surface area contributed by atoms with Crippen LogP contribution < -0.4 is 0 Å². The second kappa shape index (κ2) is 3.64. The third kappa shape index (κ3) is 2.09. The van der Waals surface area contributed by atoms with Crippen molar-refractivity contribution >= 4 is 5.78 Å². The van der Waals surface area contributed by atoms with E-state index in [0.717, 1.165) is 0 Å². The lowest BCUT2D eigenvalue weighted by Crippen LogP contribution is -2.01. The summed E-state index contributed by atoms with van der Waals surface area (Å²) in [5.41, 5.74) is 0.579. The van der Waals surface area contributed by atoms with Crippen LogP contribution in [0.2, 0.25) is 0 Å². The number of ketones is 1. The van der Waals surface area contributed by atoms with Crippen LogP contribution in [0.3, 0.4) is 0 Å². The minimum Gasteiger partial charge on any atom is -0.340 e. The predicted molar refractivity (Wildman–Crippen MR) is 50.4 cm³/mol. The summed E-state index contributed by atoms with van der Waals surface area (Å²) in [7, 11) is 0. The van der Waals surface area contributed by atoms with Crippen molar-refractivity contribution in [1.82, 2.24) is 19.9 Å². The molecular formula is C9H10N4O2. The number of carbonyl (C=O) groups excluding carboxylic acids is 1. The first-order valence-corrected chi connectivity index (χ1v) is 4.48. The van der Waals surface area contributed by atoms with Crippen molar-refractivity contribution in [2.75, 3.05) is 0 Å². The SMILES string of the molecule is CC(=O)c1cnn(Cc2noc(C)n2)c1. The summed E-state index contributed by atoms with van der Waals surface area (Å²) < 4.78 is 6.42. The van der Waals surface area contributed by atoms with Crippen molar-refractivity contribution < 1.29 is 9.32 Å². The van der Waals surface area contributed by atoms with Gasteiger partial charge in [-0.1, -0.05) is 5.16 Å². The molecule has 2 heterocycles. The fourth-order valence-corrected chi connectivity index (χ4v) is 1.18. The first-order chi connectivity index (χ1) is 7.15. The van der Waals surface area contributed by atoms with Crippen LogP contribution in [0.4, 0.5) is 0 Å². The average Bonchev–Trinajstić information content (AvgIpc) is 2.76. The van der Waals surface area contributed by atoms with Gasteiger partial charge in [0.05, 0.1) is 11.8 Å². The Hall–Kier alpha value is -1.98. The van der Waals surface area contributed by atoms with E-state index in [1.54, 1.807) is 17.8 Å². The standard InChI is InChI=1S/C9H10N4O2/c1-6(14)8-3-10-13(4-8)5-9-11-7(2)15-12-9/h3-4H,5H2,1-2H3. The van der Waals surface area contributed by atoms with Gasteiger partial charge in [0, 0.05) is 13.1 Å². The summed E-state index contributed by atoms with van der Waals surface area (Å²) in [5, 5.41) is 7.75.